The predicted molar refractivity (Wildman–Crippen MR) is 81.7 cm³/mol. The van der Waals surface area contributed by atoms with E-state index in [4.69, 9.17) is 0 Å². The van der Waals surface area contributed by atoms with Crippen molar-refractivity contribution in [3.05, 3.63) is 38.0 Å². The molecule has 9 heteroatoms. The highest BCUT2D eigenvalue weighted by molar-refractivity contribution is 7.87. The van der Waals surface area contributed by atoms with Crippen molar-refractivity contribution in [3.63, 3.8) is 0 Å². The predicted octanol–water partition coefficient (Wildman–Crippen LogP) is 1.55. The number of rotatable bonds is 3. The van der Waals surface area contributed by atoms with E-state index in [-0.39, 0.29) is 0 Å². The third-order valence-electron chi connectivity index (χ3n) is 3.18. The van der Waals surface area contributed by atoms with Gasteiger partial charge >= 0.3 is 10.2 Å². The van der Waals surface area contributed by atoms with Crippen LogP contribution >= 0.6 is 22.7 Å². The van der Waals surface area contributed by atoms with Crippen molar-refractivity contribution in [2.45, 2.75) is 19.9 Å². The van der Waals surface area contributed by atoms with E-state index in [2.05, 4.69) is 9.71 Å². The average molecular weight is 343 g/mol. The van der Waals surface area contributed by atoms with E-state index in [0.29, 0.717) is 24.4 Å². The van der Waals surface area contributed by atoms with Crippen molar-refractivity contribution in [2.24, 2.45) is 0 Å². The summed E-state index contributed by atoms with van der Waals surface area (Å²) in [4.78, 5) is 17.4. The molecule has 0 fully saturated rings. The Bertz CT molecular complexity index is 779. The minimum absolute atomic E-state index is 0.296. The van der Waals surface area contributed by atoms with Gasteiger partial charge in [-0.2, -0.15) is 12.7 Å². The van der Waals surface area contributed by atoms with Crippen LogP contribution in [0.15, 0.2) is 17.6 Å². The molecule has 0 saturated heterocycles. The Morgan fingerprint density at radius 2 is 2.29 bits per heavy atom. The Morgan fingerprint density at radius 3 is 3.00 bits per heavy atom. The van der Waals surface area contributed by atoms with Crippen LogP contribution in [0.1, 0.15) is 25.1 Å². The number of aryl methyl sites for hydroxylation is 1. The summed E-state index contributed by atoms with van der Waals surface area (Å²) >= 11 is 2.80. The number of nitrogens with zero attached hydrogens (tertiary/aromatic N) is 2. The quantitative estimate of drug-likeness (QED) is 0.917. The lowest BCUT2D eigenvalue weighted by atomic mass is 10.1. The Hall–Kier alpha value is -1.29. The second-order valence-corrected chi connectivity index (χ2v) is 8.54. The van der Waals surface area contributed by atoms with Crippen molar-refractivity contribution in [1.29, 1.82) is 0 Å². The molecular weight excluding hydrogens is 330 g/mol. The average Bonchev–Trinajstić information content (AvgIpc) is 3.05. The topological polar surface area (TPSA) is 79.4 Å². The highest BCUT2D eigenvalue weighted by Crippen LogP contribution is 2.25. The number of aromatic nitrogens is 1. The Balaban J connectivity index is 1.74. The molecule has 0 atom stereocenters. The summed E-state index contributed by atoms with van der Waals surface area (Å²) in [7, 11) is -3.82. The zero-order chi connectivity index (χ0) is 15.0. The van der Waals surface area contributed by atoms with Gasteiger partial charge in [0, 0.05) is 18.0 Å². The SMILES string of the molecule is Cc1ncc(C(=O)NS(=O)(=O)N2CCc3sccc3C2)s1. The molecule has 0 bridgehead atoms. The lowest BCUT2D eigenvalue weighted by Crippen LogP contribution is -2.45. The molecule has 3 heterocycles. The number of carbonyl (C=O) groups is 1. The number of carbonyl (C=O) groups excluding carboxylic acids is 1. The fourth-order valence-corrected chi connectivity index (χ4v) is 4.87. The zero-order valence-corrected chi connectivity index (χ0v) is 13.6. The number of fused-ring (bicyclic) bond motifs is 1. The van der Waals surface area contributed by atoms with Crippen LogP contribution < -0.4 is 4.72 Å². The maximum Gasteiger partial charge on any atom is 0.304 e. The maximum atomic E-state index is 12.3. The van der Waals surface area contributed by atoms with Gasteiger partial charge in [-0.1, -0.05) is 0 Å². The van der Waals surface area contributed by atoms with E-state index in [1.165, 1.54) is 26.7 Å². The monoisotopic (exact) mass is 343 g/mol. The van der Waals surface area contributed by atoms with Gasteiger partial charge in [0.05, 0.1) is 11.2 Å². The summed E-state index contributed by atoms with van der Waals surface area (Å²) in [6, 6.07) is 1.93. The Morgan fingerprint density at radius 1 is 1.48 bits per heavy atom. The highest BCUT2D eigenvalue weighted by atomic mass is 32.2. The summed E-state index contributed by atoms with van der Waals surface area (Å²) in [5.74, 6) is -0.628. The van der Waals surface area contributed by atoms with Crippen LogP contribution in [0, 0.1) is 6.92 Å². The van der Waals surface area contributed by atoms with Crippen molar-refractivity contribution in [2.75, 3.05) is 6.54 Å². The number of hydrogen-bond donors (Lipinski definition) is 1. The molecule has 21 heavy (non-hydrogen) atoms. The third-order valence-corrected chi connectivity index (χ3v) is 6.55. The third kappa shape index (κ3) is 3.00. The van der Waals surface area contributed by atoms with Gasteiger partial charge in [0.25, 0.3) is 5.91 Å². The van der Waals surface area contributed by atoms with Crippen molar-refractivity contribution >= 4 is 38.8 Å². The van der Waals surface area contributed by atoms with Crippen LogP contribution in [-0.4, -0.2) is 30.2 Å². The van der Waals surface area contributed by atoms with Crippen molar-refractivity contribution < 1.29 is 13.2 Å². The first-order chi connectivity index (χ1) is 9.95. The lowest BCUT2D eigenvalue weighted by molar-refractivity contribution is 0.0982. The molecule has 112 valence electrons. The minimum atomic E-state index is -3.82. The van der Waals surface area contributed by atoms with Crippen LogP contribution in [0.4, 0.5) is 0 Å². The van der Waals surface area contributed by atoms with Crippen LogP contribution in [0.5, 0.6) is 0 Å². The van der Waals surface area contributed by atoms with E-state index >= 15 is 0 Å². The minimum Gasteiger partial charge on any atom is -0.267 e. The molecule has 0 aliphatic carbocycles. The van der Waals surface area contributed by atoms with Gasteiger partial charge in [0.2, 0.25) is 0 Å². The lowest BCUT2D eigenvalue weighted by Gasteiger charge is -2.25. The molecule has 2 aromatic heterocycles. The number of nitrogens with one attached hydrogen (secondary N) is 1. The van der Waals surface area contributed by atoms with E-state index in [9.17, 15) is 13.2 Å². The maximum absolute atomic E-state index is 12.3. The molecule has 0 aromatic carbocycles. The van der Waals surface area contributed by atoms with Crippen molar-refractivity contribution in [3.8, 4) is 0 Å². The standard InChI is InChI=1S/C12H13N3O3S3/c1-8-13-6-11(20-8)12(16)14-21(17,18)15-4-2-10-9(7-15)3-5-19-10/h3,5-6H,2,4,7H2,1H3,(H,14,16). The summed E-state index contributed by atoms with van der Waals surface area (Å²) in [5.41, 5.74) is 1.01. The number of hydrogen-bond acceptors (Lipinski definition) is 6. The molecule has 6 nitrogen and oxygen atoms in total. The Labute approximate surface area is 130 Å². The number of thiazole rings is 1. The molecule has 1 N–H and O–H groups in total. The van der Waals surface area contributed by atoms with Gasteiger partial charge in [-0.05, 0) is 30.4 Å². The normalized spacial score (nSPS) is 15.7. The first-order valence-electron chi connectivity index (χ1n) is 6.25. The van der Waals surface area contributed by atoms with E-state index in [1.807, 2.05) is 11.4 Å². The molecule has 0 unspecified atom stereocenters. The van der Waals surface area contributed by atoms with Gasteiger partial charge in [0.1, 0.15) is 4.88 Å². The van der Waals surface area contributed by atoms with E-state index < -0.39 is 16.1 Å². The van der Waals surface area contributed by atoms with Crippen LogP contribution in [0.25, 0.3) is 0 Å². The van der Waals surface area contributed by atoms with Crippen molar-refractivity contribution in [1.82, 2.24) is 14.0 Å². The molecule has 2 aromatic rings. The fourth-order valence-electron chi connectivity index (χ4n) is 2.13. The molecule has 1 aliphatic heterocycles. The molecule has 0 radical (unpaired) electrons. The summed E-state index contributed by atoms with van der Waals surface area (Å²) < 4.78 is 28.0. The first-order valence-corrected chi connectivity index (χ1v) is 9.39. The zero-order valence-electron chi connectivity index (χ0n) is 11.2. The molecule has 0 spiro atoms. The van der Waals surface area contributed by atoms with Gasteiger partial charge in [-0.3, -0.25) is 4.79 Å². The molecule has 1 amide bonds. The van der Waals surface area contributed by atoms with Crippen LogP contribution in [-0.2, 0) is 23.2 Å². The van der Waals surface area contributed by atoms with Gasteiger partial charge < -0.3 is 0 Å². The van der Waals surface area contributed by atoms with Gasteiger partial charge in [-0.15, -0.1) is 22.7 Å². The van der Waals surface area contributed by atoms with E-state index in [1.54, 1.807) is 18.3 Å². The van der Waals surface area contributed by atoms with Gasteiger partial charge in [0.15, 0.2) is 0 Å². The summed E-state index contributed by atoms with van der Waals surface area (Å²) in [6.07, 6.45) is 2.07. The first kappa shape index (κ1) is 14.6. The molecule has 3 rings (SSSR count). The largest absolute Gasteiger partial charge is 0.304 e. The fraction of sp³-hybridized carbons (Fsp3) is 0.333. The smallest absolute Gasteiger partial charge is 0.267 e. The molecular formula is C12H13N3O3S3. The second-order valence-electron chi connectivity index (χ2n) is 4.63. The number of thiophene rings is 1. The summed E-state index contributed by atoms with van der Waals surface area (Å²) in [5, 5.41) is 2.68. The number of amides is 1. The van der Waals surface area contributed by atoms with Crippen LogP contribution in [0.2, 0.25) is 0 Å². The molecule has 0 saturated carbocycles. The Kier molecular flexibility index (Phi) is 3.82. The second kappa shape index (κ2) is 5.48. The van der Waals surface area contributed by atoms with Gasteiger partial charge in [-0.25, -0.2) is 9.71 Å². The summed E-state index contributed by atoms with van der Waals surface area (Å²) in [6.45, 7) is 2.46. The van der Waals surface area contributed by atoms with E-state index in [0.717, 1.165) is 10.6 Å². The highest BCUT2D eigenvalue weighted by Gasteiger charge is 2.29. The molecule has 1 aliphatic rings. The van der Waals surface area contributed by atoms with Crippen LogP contribution in [0.3, 0.4) is 0 Å².